The molecule has 0 spiro atoms. The molecule has 3 rings (SSSR count). The number of hydrogen-bond acceptors (Lipinski definition) is 3. The molecule has 1 N–H and O–H groups in total. The van der Waals surface area contributed by atoms with Crippen LogP contribution in [0, 0.1) is 5.92 Å². The van der Waals surface area contributed by atoms with E-state index >= 15 is 0 Å². The van der Waals surface area contributed by atoms with Crippen LogP contribution >= 0.6 is 35.3 Å². The van der Waals surface area contributed by atoms with E-state index in [9.17, 15) is 0 Å². The van der Waals surface area contributed by atoms with Gasteiger partial charge in [-0.15, -0.1) is 35.3 Å². The van der Waals surface area contributed by atoms with E-state index in [1.807, 2.05) is 18.4 Å². The topological polar surface area (TPSA) is 40.5 Å². The summed E-state index contributed by atoms with van der Waals surface area (Å²) in [6.45, 7) is 1.89. The van der Waals surface area contributed by atoms with Crippen LogP contribution in [0.2, 0.25) is 0 Å². The molecular weight excluding hydrogens is 419 g/mol. The molecule has 1 heterocycles. The fourth-order valence-electron chi connectivity index (χ4n) is 3.13. The summed E-state index contributed by atoms with van der Waals surface area (Å²) in [5.41, 5.74) is 1.35. The minimum absolute atomic E-state index is 0. The average Bonchev–Trinajstić information content (AvgIpc) is 3.25. The highest BCUT2D eigenvalue weighted by Crippen LogP contribution is 2.33. The van der Waals surface area contributed by atoms with Gasteiger partial charge in [0.1, 0.15) is 5.01 Å². The van der Waals surface area contributed by atoms with E-state index in [1.54, 1.807) is 0 Å². The van der Waals surface area contributed by atoms with Gasteiger partial charge in [-0.05, 0) is 44.4 Å². The maximum atomic E-state index is 4.83. The van der Waals surface area contributed by atoms with Crippen LogP contribution in [0.1, 0.15) is 54.1 Å². The SMILES string of the molecule is CN=C(NCCCC1CC1)N(C)Cc1nc2c(s1)CCCC2.I. The molecule has 0 aromatic carbocycles. The Bertz CT molecular complexity index is 501. The smallest absolute Gasteiger partial charge is 0.193 e. The van der Waals surface area contributed by atoms with E-state index in [1.165, 1.54) is 66.9 Å². The Balaban J connectivity index is 0.00000192. The molecule has 2 aliphatic rings. The second-order valence-corrected chi connectivity index (χ2v) is 7.77. The van der Waals surface area contributed by atoms with Gasteiger partial charge in [0.2, 0.25) is 0 Å². The van der Waals surface area contributed by atoms with Crippen LogP contribution in [0.5, 0.6) is 0 Å². The lowest BCUT2D eigenvalue weighted by Crippen LogP contribution is -2.38. The second kappa shape index (κ2) is 9.20. The normalized spacial score (nSPS) is 17.4. The standard InChI is InChI=1S/C17H28N4S.HI/c1-18-17(19-11-5-6-13-9-10-13)21(2)12-16-20-14-7-3-4-8-15(14)22-16;/h13H,3-12H2,1-2H3,(H,18,19);1H. The zero-order valence-electron chi connectivity index (χ0n) is 14.3. The third kappa shape index (κ3) is 5.59. The number of guanidine groups is 1. The van der Waals surface area contributed by atoms with Crippen molar-refractivity contribution in [3.63, 3.8) is 0 Å². The molecule has 0 atom stereocenters. The van der Waals surface area contributed by atoms with E-state index in [0.29, 0.717) is 0 Å². The number of aliphatic imine (C=N–C) groups is 1. The maximum Gasteiger partial charge on any atom is 0.193 e. The van der Waals surface area contributed by atoms with Crippen molar-refractivity contribution in [1.82, 2.24) is 15.2 Å². The van der Waals surface area contributed by atoms with Crippen LogP contribution < -0.4 is 5.32 Å². The number of halogens is 1. The molecule has 1 saturated carbocycles. The highest BCUT2D eigenvalue weighted by molar-refractivity contribution is 14.0. The van der Waals surface area contributed by atoms with Crippen molar-refractivity contribution in [2.24, 2.45) is 10.9 Å². The number of aromatic nitrogens is 1. The summed E-state index contributed by atoms with van der Waals surface area (Å²) in [5, 5.41) is 4.72. The minimum Gasteiger partial charge on any atom is -0.356 e. The highest BCUT2D eigenvalue weighted by Gasteiger charge is 2.20. The Hall–Kier alpha value is -0.370. The Morgan fingerprint density at radius 1 is 1.35 bits per heavy atom. The van der Waals surface area contributed by atoms with Crippen LogP contribution in [0.4, 0.5) is 0 Å². The Morgan fingerprint density at radius 3 is 2.83 bits per heavy atom. The molecule has 6 heteroatoms. The van der Waals surface area contributed by atoms with E-state index < -0.39 is 0 Å². The first-order valence-corrected chi connectivity index (χ1v) is 9.47. The number of rotatable bonds is 6. The first-order valence-electron chi connectivity index (χ1n) is 8.65. The molecule has 0 radical (unpaired) electrons. The van der Waals surface area contributed by atoms with E-state index in [2.05, 4.69) is 22.3 Å². The number of thiazole rings is 1. The molecule has 0 aliphatic heterocycles. The van der Waals surface area contributed by atoms with Crippen LogP contribution in [-0.4, -0.2) is 36.5 Å². The Labute approximate surface area is 161 Å². The van der Waals surface area contributed by atoms with Gasteiger partial charge < -0.3 is 10.2 Å². The second-order valence-electron chi connectivity index (χ2n) is 6.60. The van der Waals surface area contributed by atoms with Crippen molar-refractivity contribution in [2.75, 3.05) is 20.6 Å². The predicted octanol–water partition coefficient (Wildman–Crippen LogP) is 3.84. The Morgan fingerprint density at radius 2 is 2.13 bits per heavy atom. The van der Waals surface area contributed by atoms with Gasteiger partial charge in [0.15, 0.2) is 5.96 Å². The van der Waals surface area contributed by atoms with E-state index in [4.69, 9.17) is 4.98 Å². The maximum absolute atomic E-state index is 4.83. The Kier molecular flexibility index (Phi) is 7.59. The van der Waals surface area contributed by atoms with Crippen molar-refractivity contribution in [1.29, 1.82) is 0 Å². The average molecular weight is 448 g/mol. The first-order chi connectivity index (χ1) is 10.8. The summed E-state index contributed by atoms with van der Waals surface area (Å²) in [5.74, 6) is 2.01. The summed E-state index contributed by atoms with van der Waals surface area (Å²) in [6.07, 6.45) is 10.5. The summed E-state index contributed by atoms with van der Waals surface area (Å²) < 4.78 is 0. The molecule has 0 amide bonds. The fraction of sp³-hybridized carbons (Fsp3) is 0.765. The van der Waals surface area contributed by atoms with Gasteiger partial charge >= 0.3 is 0 Å². The van der Waals surface area contributed by atoms with Gasteiger partial charge in [0, 0.05) is 25.5 Å². The molecule has 0 bridgehead atoms. The number of fused-ring (bicyclic) bond motifs is 1. The molecule has 1 aromatic heterocycles. The van der Waals surface area contributed by atoms with Crippen molar-refractivity contribution < 1.29 is 0 Å². The zero-order valence-corrected chi connectivity index (χ0v) is 17.5. The molecule has 0 saturated heterocycles. The zero-order chi connectivity index (χ0) is 15.4. The van der Waals surface area contributed by atoms with Gasteiger partial charge in [-0.1, -0.05) is 12.8 Å². The molecule has 23 heavy (non-hydrogen) atoms. The minimum atomic E-state index is 0. The van der Waals surface area contributed by atoms with Crippen LogP contribution in [0.3, 0.4) is 0 Å². The van der Waals surface area contributed by atoms with Crippen molar-refractivity contribution in [3.05, 3.63) is 15.6 Å². The van der Waals surface area contributed by atoms with Gasteiger partial charge in [0.05, 0.1) is 12.2 Å². The van der Waals surface area contributed by atoms with Crippen LogP contribution in [0.15, 0.2) is 4.99 Å². The van der Waals surface area contributed by atoms with Crippen LogP contribution in [0.25, 0.3) is 0 Å². The lowest BCUT2D eigenvalue weighted by Gasteiger charge is -2.21. The van der Waals surface area contributed by atoms with Gasteiger partial charge in [0.25, 0.3) is 0 Å². The van der Waals surface area contributed by atoms with E-state index in [0.717, 1.165) is 25.0 Å². The van der Waals surface area contributed by atoms with Crippen molar-refractivity contribution in [3.8, 4) is 0 Å². The third-order valence-corrected chi connectivity index (χ3v) is 5.75. The molecular formula is C17H29IN4S. The molecule has 130 valence electrons. The molecule has 2 aliphatic carbocycles. The molecule has 4 nitrogen and oxygen atoms in total. The van der Waals surface area contributed by atoms with Gasteiger partial charge in [-0.3, -0.25) is 4.99 Å². The quantitative estimate of drug-likeness (QED) is 0.311. The summed E-state index contributed by atoms with van der Waals surface area (Å²) in [6, 6.07) is 0. The van der Waals surface area contributed by atoms with E-state index in [-0.39, 0.29) is 24.0 Å². The summed E-state index contributed by atoms with van der Waals surface area (Å²) in [7, 11) is 3.98. The molecule has 1 fully saturated rings. The number of nitrogens with zero attached hydrogens (tertiary/aromatic N) is 3. The summed E-state index contributed by atoms with van der Waals surface area (Å²) >= 11 is 1.90. The van der Waals surface area contributed by atoms with Crippen molar-refractivity contribution >= 4 is 41.3 Å². The lowest BCUT2D eigenvalue weighted by atomic mass is 10.0. The molecule has 1 aromatic rings. The number of aryl methyl sites for hydroxylation is 2. The fourth-order valence-corrected chi connectivity index (χ4v) is 4.34. The van der Waals surface area contributed by atoms with Gasteiger partial charge in [-0.2, -0.15) is 0 Å². The van der Waals surface area contributed by atoms with Gasteiger partial charge in [-0.25, -0.2) is 4.98 Å². The monoisotopic (exact) mass is 448 g/mol. The van der Waals surface area contributed by atoms with Crippen molar-refractivity contribution in [2.45, 2.75) is 57.9 Å². The largest absolute Gasteiger partial charge is 0.356 e. The predicted molar refractivity (Wildman–Crippen MR) is 109 cm³/mol. The van der Waals surface area contributed by atoms with Crippen LogP contribution in [-0.2, 0) is 19.4 Å². The number of hydrogen-bond donors (Lipinski definition) is 1. The number of nitrogens with one attached hydrogen (secondary N) is 1. The lowest BCUT2D eigenvalue weighted by molar-refractivity contribution is 0.472. The highest BCUT2D eigenvalue weighted by atomic mass is 127. The first kappa shape index (κ1) is 19.0. The summed E-state index contributed by atoms with van der Waals surface area (Å²) in [4.78, 5) is 12.9. The third-order valence-electron chi connectivity index (χ3n) is 4.60. The molecule has 0 unspecified atom stereocenters.